The van der Waals surface area contributed by atoms with E-state index in [0.29, 0.717) is 16.7 Å². The van der Waals surface area contributed by atoms with Gasteiger partial charge in [0, 0.05) is 41.6 Å². The first-order valence-electron chi connectivity index (χ1n) is 8.90. The number of rotatable bonds is 4. The molecular formula is C22H16N4O2. The molecule has 2 aromatic carbocycles. The summed E-state index contributed by atoms with van der Waals surface area (Å²) in [5, 5.41) is 6.30. The van der Waals surface area contributed by atoms with Gasteiger partial charge in [0.2, 0.25) is 0 Å². The molecule has 0 spiro atoms. The normalized spacial score (nSPS) is 11.3. The van der Waals surface area contributed by atoms with E-state index in [0.717, 1.165) is 27.6 Å². The maximum absolute atomic E-state index is 12.8. The number of hydrogen-bond donors (Lipinski definition) is 0. The van der Waals surface area contributed by atoms with E-state index >= 15 is 0 Å². The van der Waals surface area contributed by atoms with E-state index in [-0.39, 0.29) is 12.2 Å². The summed E-state index contributed by atoms with van der Waals surface area (Å²) in [6.07, 6.45) is 7.19. The molecule has 0 radical (unpaired) electrons. The van der Waals surface area contributed by atoms with Crippen molar-refractivity contribution in [1.29, 1.82) is 0 Å². The highest BCUT2D eigenvalue weighted by molar-refractivity contribution is 6.06. The second-order valence-corrected chi connectivity index (χ2v) is 6.74. The van der Waals surface area contributed by atoms with Gasteiger partial charge in [-0.15, -0.1) is 0 Å². The quantitative estimate of drug-likeness (QED) is 0.445. The first-order chi connectivity index (χ1) is 13.7. The number of carbonyl (C=O) groups excluding carboxylic acids is 1. The van der Waals surface area contributed by atoms with Crippen molar-refractivity contribution in [1.82, 2.24) is 19.7 Å². The van der Waals surface area contributed by atoms with Gasteiger partial charge < -0.3 is 4.42 Å². The Kier molecular flexibility index (Phi) is 3.76. The molecule has 0 unspecified atom stereocenters. The number of para-hydroxylation sites is 1. The van der Waals surface area contributed by atoms with Gasteiger partial charge in [-0.2, -0.15) is 5.10 Å². The zero-order valence-corrected chi connectivity index (χ0v) is 15.2. The van der Waals surface area contributed by atoms with Crippen molar-refractivity contribution in [2.75, 3.05) is 0 Å². The molecule has 0 aliphatic heterocycles. The maximum atomic E-state index is 12.8. The lowest BCUT2D eigenvalue weighted by atomic mass is 10.0. The van der Waals surface area contributed by atoms with E-state index < -0.39 is 0 Å². The Bertz CT molecular complexity index is 1330. The predicted octanol–water partition coefficient (Wildman–Crippen LogP) is 4.20. The molecule has 0 amide bonds. The highest BCUT2D eigenvalue weighted by atomic mass is 16.3. The van der Waals surface area contributed by atoms with E-state index in [9.17, 15) is 4.79 Å². The van der Waals surface area contributed by atoms with Gasteiger partial charge in [-0.25, -0.2) is 4.98 Å². The van der Waals surface area contributed by atoms with Crippen LogP contribution in [0.3, 0.4) is 0 Å². The molecule has 136 valence electrons. The molecule has 5 aromatic rings. The van der Waals surface area contributed by atoms with E-state index in [1.165, 1.54) is 6.39 Å². The van der Waals surface area contributed by atoms with Crippen LogP contribution < -0.4 is 0 Å². The number of pyridine rings is 1. The third-order valence-corrected chi connectivity index (χ3v) is 4.82. The first-order valence-corrected chi connectivity index (χ1v) is 8.90. The molecule has 0 aliphatic rings. The molecule has 5 rings (SSSR count). The third kappa shape index (κ3) is 2.85. The number of aromatic nitrogens is 4. The van der Waals surface area contributed by atoms with Crippen LogP contribution in [-0.4, -0.2) is 25.5 Å². The molecule has 0 saturated heterocycles. The fourth-order valence-electron chi connectivity index (χ4n) is 3.40. The number of carbonyl (C=O) groups is 1. The predicted molar refractivity (Wildman–Crippen MR) is 106 cm³/mol. The van der Waals surface area contributed by atoms with Crippen LogP contribution in [0.15, 0.2) is 71.9 Å². The van der Waals surface area contributed by atoms with E-state index in [2.05, 4.69) is 27.2 Å². The van der Waals surface area contributed by atoms with Gasteiger partial charge in [0.25, 0.3) is 0 Å². The Balaban J connectivity index is 1.49. The summed E-state index contributed by atoms with van der Waals surface area (Å²) in [6.45, 7) is 0. The maximum Gasteiger partial charge on any atom is 0.182 e. The average molecular weight is 368 g/mol. The summed E-state index contributed by atoms with van der Waals surface area (Å²) in [6, 6.07) is 13.5. The minimum atomic E-state index is -0.0326. The van der Waals surface area contributed by atoms with E-state index in [1.54, 1.807) is 22.9 Å². The van der Waals surface area contributed by atoms with Crippen LogP contribution in [0, 0.1) is 0 Å². The number of nitrogens with zero attached hydrogens (tertiary/aromatic N) is 4. The lowest BCUT2D eigenvalue weighted by Gasteiger charge is -2.05. The van der Waals surface area contributed by atoms with E-state index in [4.69, 9.17) is 4.42 Å². The van der Waals surface area contributed by atoms with Crippen molar-refractivity contribution < 1.29 is 9.21 Å². The number of Topliss-reactive ketones (excluding diaryl/α,β-unsaturated/α-hetero) is 1. The van der Waals surface area contributed by atoms with Crippen molar-refractivity contribution >= 4 is 27.7 Å². The lowest BCUT2D eigenvalue weighted by molar-refractivity contribution is 0.0993. The number of ketones is 1. The van der Waals surface area contributed by atoms with Gasteiger partial charge in [-0.05, 0) is 35.2 Å². The molecule has 0 atom stereocenters. The third-order valence-electron chi connectivity index (χ3n) is 4.82. The molecule has 3 aromatic heterocycles. The molecule has 28 heavy (non-hydrogen) atoms. The zero-order valence-electron chi connectivity index (χ0n) is 15.2. The minimum Gasteiger partial charge on any atom is -0.443 e. The van der Waals surface area contributed by atoms with E-state index in [1.807, 2.05) is 37.8 Å². The highest BCUT2D eigenvalue weighted by Crippen LogP contribution is 2.25. The summed E-state index contributed by atoms with van der Waals surface area (Å²) in [7, 11) is 1.90. The van der Waals surface area contributed by atoms with Crippen LogP contribution in [0.1, 0.15) is 16.1 Å². The van der Waals surface area contributed by atoms with Gasteiger partial charge >= 0.3 is 0 Å². The Morgan fingerprint density at radius 1 is 1.04 bits per heavy atom. The first kappa shape index (κ1) is 16.4. The molecule has 0 N–H and O–H groups in total. The molecular weight excluding hydrogens is 352 g/mol. The second kappa shape index (κ2) is 6.42. The van der Waals surface area contributed by atoms with Crippen LogP contribution in [0.5, 0.6) is 0 Å². The van der Waals surface area contributed by atoms with Crippen molar-refractivity contribution in [2.24, 2.45) is 7.05 Å². The molecule has 6 heteroatoms. The number of hydrogen-bond acceptors (Lipinski definition) is 5. The average Bonchev–Trinajstić information content (AvgIpc) is 3.36. The van der Waals surface area contributed by atoms with Crippen molar-refractivity contribution in [2.45, 2.75) is 6.42 Å². The van der Waals surface area contributed by atoms with Crippen LogP contribution in [-0.2, 0) is 13.5 Å². The highest BCUT2D eigenvalue weighted by Gasteiger charge is 2.14. The largest absolute Gasteiger partial charge is 0.443 e. The van der Waals surface area contributed by atoms with Crippen LogP contribution >= 0.6 is 0 Å². The Hall–Kier alpha value is -3.80. The fourth-order valence-corrected chi connectivity index (χ4v) is 3.40. The smallest absolute Gasteiger partial charge is 0.182 e. The summed E-state index contributed by atoms with van der Waals surface area (Å²) in [4.78, 5) is 21.4. The Morgan fingerprint density at radius 3 is 2.82 bits per heavy atom. The summed E-state index contributed by atoms with van der Waals surface area (Å²) in [5.41, 5.74) is 4.61. The van der Waals surface area contributed by atoms with Crippen molar-refractivity contribution in [3.05, 3.63) is 78.7 Å². The van der Waals surface area contributed by atoms with Crippen LogP contribution in [0.4, 0.5) is 0 Å². The number of fused-ring (bicyclic) bond motifs is 2. The molecule has 0 fully saturated rings. The molecule has 0 bridgehead atoms. The SMILES string of the molecule is Cn1cc(-c2ccc3cnc(CC(=O)c4cccc5ocnc45)cc3c2)cn1. The summed E-state index contributed by atoms with van der Waals surface area (Å²) >= 11 is 0. The monoisotopic (exact) mass is 368 g/mol. The summed E-state index contributed by atoms with van der Waals surface area (Å²) < 4.78 is 7.07. The topological polar surface area (TPSA) is 73.8 Å². The van der Waals surface area contributed by atoms with Crippen LogP contribution in [0.25, 0.3) is 33.0 Å². The van der Waals surface area contributed by atoms with Gasteiger partial charge in [-0.1, -0.05) is 18.2 Å². The Morgan fingerprint density at radius 2 is 1.96 bits per heavy atom. The summed E-state index contributed by atoms with van der Waals surface area (Å²) in [5.74, 6) is -0.0326. The van der Waals surface area contributed by atoms with Crippen molar-refractivity contribution in [3.63, 3.8) is 0 Å². The molecule has 0 saturated carbocycles. The number of aryl methyl sites for hydroxylation is 1. The Labute approximate surface area is 160 Å². The fraction of sp³-hybridized carbons (Fsp3) is 0.0909. The second-order valence-electron chi connectivity index (χ2n) is 6.74. The van der Waals surface area contributed by atoms with Gasteiger partial charge in [-0.3, -0.25) is 14.5 Å². The lowest BCUT2D eigenvalue weighted by Crippen LogP contribution is -2.05. The van der Waals surface area contributed by atoms with Gasteiger partial charge in [0.1, 0.15) is 5.52 Å². The van der Waals surface area contributed by atoms with Gasteiger partial charge in [0.15, 0.2) is 17.8 Å². The molecule has 0 aliphatic carbocycles. The zero-order chi connectivity index (χ0) is 19.1. The molecule has 3 heterocycles. The standard InChI is InChI=1S/C22H16N4O2/c1-26-12-17(11-25-26)14-5-6-15-10-23-18(8-16(15)7-14)9-20(27)19-3-2-4-21-22(19)24-13-28-21/h2-8,10-13H,9H2,1H3. The molecule has 6 nitrogen and oxygen atoms in total. The van der Waals surface area contributed by atoms with Crippen LogP contribution in [0.2, 0.25) is 0 Å². The van der Waals surface area contributed by atoms with Gasteiger partial charge in [0.05, 0.1) is 12.6 Å². The van der Waals surface area contributed by atoms with Crippen molar-refractivity contribution in [3.8, 4) is 11.1 Å². The number of benzene rings is 2. The minimum absolute atomic E-state index is 0.0326. The number of oxazole rings is 1.